The Labute approximate surface area is 271 Å². The first-order valence-corrected chi connectivity index (χ1v) is 21.0. The Balaban J connectivity index is 1.24. The van der Waals surface area contributed by atoms with E-state index in [1.165, 1.54) is 42.6 Å². The van der Waals surface area contributed by atoms with Crippen molar-refractivity contribution in [1.29, 1.82) is 0 Å². The van der Waals surface area contributed by atoms with Crippen molar-refractivity contribution in [2.75, 3.05) is 7.11 Å². The Bertz CT molecular complexity index is 1500. The molecule has 10 atom stereocenters. The number of hydrogen-bond donors (Lipinski definition) is 0. The summed E-state index contributed by atoms with van der Waals surface area (Å²) < 4.78 is 12.7. The maximum absolute atomic E-state index is 15.2. The third kappa shape index (κ3) is 3.66. The first-order valence-electron chi connectivity index (χ1n) is 18.1. The van der Waals surface area contributed by atoms with Gasteiger partial charge in [0.05, 0.1) is 12.9 Å². The fraction of sp³-hybridized carbons (Fsp3) is 0.700. The molecule has 0 spiro atoms. The van der Waals surface area contributed by atoms with Crippen LogP contribution in [0.4, 0.5) is 0 Å². The van der Waals surface area contributed by atoms with E-state index >= 15 is 4.79 Å². The number of allylic oxidation sites excluding steroid dienone is 4. The van der Waals surface area contributed by atoms with Crippen LogP contribution in [0.25, 0.3) is 0 Å². The molecule has 7 aliphatic carbocycles. The lowest BCUT2D eigenvalue weighted by molar-refractivity contribution is -0.138. The fourth-order valence-corrected chi connectivity index (χ4v) is 13.7. The molecule has 0 aromatic heterocycles. The predicted octanol–water partition coefficient (Wildman–Crippen LogP) is 9.21. The normalized spacial score (nSPS) is 43.4. The molecule has 1 aromatic rings. The molecule has 45 heavy (non-hydrogen) atoms. The van der Waals surface area contributed by atoms with Gasteiger partial charge in [0.1, 0.15) is 17.3 Å². The Morgan fingerprint density at radius 1 is 0.889 bits per heavy atom. The summed E-state index contributed by atoms with van der Waals surface area (Å²) >= 11 is 0. The highest BCUT2D eigenvalue weighted by Gasteiger charge is 2.81. The molecule has 0 radical (unpaired) electrons. The molecule has 0 N–H and O–H groups in total. The van der Waals surface area contributed by atoms with E-state index in [2.05, 4.69) is 77.2 Å². The van der Waals surface area contributed by atoms with Crippen molar-refractivity contribution in [2.24, 2.45) is 52.3 Å². The standard InChI is InChI=1S/C40H54O4Si/c1-37(2,3)45(6,7)44-31-23-29-28-22-30(41)34-35(33(28)36(42)32(29)27-13-9-8-12-26(27)31)39-19-11-10-18-38(39,4)40(34,21-20-39)24-14-16-25(43-5)17-15-24/h14-17,20-21,27-29,32-35H,8-13,18-19,22-23H2,1-7H3/t27-,28-,29-,32-,33+,34+,35-,38-,39-,40-/m0/s1. The highest BCUT2D eigenvalue weighted by molar-refractivity contribution is 6.74. The van der Waals surface area contributed by atoms with Crippen molar-refractivity contribution >= 4 is 19.9 Å². The van der Waals surface area contributed by atoms with Crippen LogP contribution in [-0.4, -0.2) is 27.0 Å². The van der Waals surface area contributed by atoms with Gasteiger partial charge in [0.2, 0.25) is 8.32 Å². The van der Waals surface area contributed by atoms with Crippen LogP contribution in [0.2, 0.25) is 18.1 Å². The van der Waals surface area contributed by atoms with Crippen molar-refractivity contribution in [3.8, 4) is 5.75 Å². The molecule has 0 saturated heterocycles. The van der Waals surface area contributed by atoms with Gasteiger partial charge >= 0.3 is 0 Å². The lowest BCUT2D eigenvalue weighted by atomic mass is 9.52. The number of carbonyl (C=O) groups excluding carboxylic acids is 2. The quantitative estimate of drug-likeness (QED) is 0.247. The fourth-order valence-electron chi connectivity index (χ4n) is 12.6. The summed E-state index contributed by atoms with van der Waals surface area (Å²) in [5, 5.41) is 0.124. The van der Waals surface area contributed by atoms with E-state index in [9.17, 15) is 4.79 Å². The van der Waals surface area contributed by atoms with Crippen LogP contribution in [0.5, 0.6) is 5.75 Å². The molecule has 0 amide bonds. The smallest absolute Gasteiger partial charge is 0.250 e. The largest absolute Gasteiger partial charge is 0.547 e. The van der Waals surface area contributed by atoms with Gasteiger partial charge in [0, 0.05) is 36.0 Å². The second-order valence-electron chi connectivity index (χ2n) is 17.8. The van der Waals surface area contributed by atoms with Gasteiger partial charge in [-0.15, -0.1) is 0 Å². The molecule has 5 fully saturated rings. The highest BCUT2D eigenvalue weighted by atomic mass is 28.4. The van der Waals surface area contributed by atoms with Crippen molar-refractivity contribution in [3.05, 3.63) is 53.3 Å². The number of benzene rings is 1. The van der Waals surface area contributed by atoms with Crippen LogP contribution in [0, 0.1) is 52.3 Å². The number of methoxy groups -OCH3 is 1. The van der Waals surface area contributed by atoms with E-state index in [4.69, 9.17) is 9.16 Å². The molecular weight excluding hydrogens is 573 g/mol. The molecule has 5 heteroatoms. The number of ether oxygens (including phenoxy) is 1. The van der Waals surface area contributed by atoms with Crippen LogP contribution in [0.1, 0.15) is 97.5 Å². The van der Waals surface area contributed by atoms with Gasteiger partial charge in [-0.2, -0.15) is 0 Å². The van der Waals surface area contributed by atoms with E-state index in [0.29, 0.717) is 23.9 Å². The molecule has 2 bridgehead atoms. The van der Waals surface area contributed by atoms with Crippen molar-refractivity contribution in [2.45, 2.75) is 115 Å². The maximum atomic E-state index is 15.2. The molecule has 0 unspecified atom stereocenters. The lowest BCUT2D eigenvalue weighted by Gasteiger charge is -2.51. The van der Waals surface area contributed by atoms with Gasteiger partial charge in [0.15, 0.2) is 0 Å². The Hall–Kier alpha value is -2.14. The average Bonchev–Trinajstić information content (AvgIpc) is 3.53. The van der Waals surface area contributed by atoms with Crippen molar-refractivity contribution in [1.82, 2.24) is 0 Å². The zero-order valence-electron chi connectivity index (χ0n) is 28.7. The first kappa shape index (κ1) is 30.2. The molecule has 0 heterocycles. The van der Waals surface area contributed by atoms with Crippen LogP contribution in [0.3, 0.4) is 0 Å². The summed E-state index contributed by atoms with van der Waals surface area (Å²) in [6.07, 6.45) is 15.6. The minimum absolute atomic E-state index is 0.0133. The van der Waals surface area contributed by atoms with Crippen molar-refractivity contribution < 1.29 is 18.8 Å². The third-order valence-corrected chi connectivity index (χ3v) is 19.8. The number of rotatable bonds is 4. The van der Waals surface area contributed by atoms with Gasteiger partial charge in [0.25, 0.3) is 0 Å². The Kier molecular flexibility index (Phi) is 6.51. The minimum atomic E-state index is -2.04. The number of fused-ring (bicyclic) bond motifs is 8. The predicted molar refractivity (Wildman–Crippen MR) is 180 cm³/mol. The molecular formula is C40H54O4Si. The lowest BCUT2D eigenvalue weighted by Crippen LogP contribution is -2.50. The summed E-state index contributed by atoms with van der Waals surface area (Å²) in [4.78, 5) is 30.1. The van der Waals surface area contributed by atoms with Crippen molar-refractivity contribution in [3.63, 3.8) is 0 Å². The number of Topliss-reactive ketones (excluding diaryl/α,β-unsaturated/α-hetero) is 2. The summed E-state index contributed by atoms with van der Waals surface area (Å²) in [5.41, 5.74) is 2.21. The molecule has 7 aliphatic rings. The zero-order valence-corrected chi connectivity index (χ0v) is 29.7. The summed E-state index contributed by atoms with van der Waals surface area (Å²) in [5.74, 6) is 3.78. The third-order valence-electron chi connectivity index (χ3n) is 15.5. The minimum Gasteiger partial charge on any atom is -0.547 e. The summed E-state index contributed by atoms with van der Waals surface area (Å²) in [7, 11) is -0.320. The van der Waals surface area contributed by atoms with Gasteiger partial charge in [-0.05, 0) is 108 Å². The number of ketones is 2. The van der Waals surface area contributed by atoms with E-state index in [1.807, 2.05) is 0 Å². The highest BCUT2D eigenvalue weighted by Crippen LogP contribution is 2.82. The van der Waals surface area contributed by atoms with E-state index < -0.39 is 8.32 Å². The van der Waals surface area contributed by atoms with Gasteiger partial charge in [-0.1, -0.05) is 71.2 Å². The molecule has 242 valence electrons. The first-order chi connectivity index (χ1) is 21.3. The topological polar surface area (TPSA) is 52.6 Å². The number of carbonyl (C=O) groups is 2. The van der Waals surface area contributed by atoms with E-state index in [-0.39, 0.29) is 56.8 Å². The van der Waals surface area contributed by atoms with Gasteiger partial charge in [-0.3, -0.25) is 9.59 Å². The maximum Gasteiger partial charge on any atom is 0.250 e. The number of hydrogen-bond acceptors (Lipinski definition) is 4. The Morgan fingerprint density at radius 3 is 2.31 bits per heavy atom. The average molecular weight is 627 g/mol. The summed E-state index contributed by atoms with van der Waals surface area (Å²) in [6.45, 7) is 14.2. The van der Waals surface area contributed by atoms with Gasteiger partial charge in [-0.25, -0.2) is 0 Å². The molecule has 1 aromatic carbocycles. The summed E-state index contributed by atoms with van der Waals surface area (Å²) in [6, 6.07) is 8.59. The molecule has 8 rings (SSSR count). The second kappa shape index (κ2) is 9.70. The van der Waals surface area contributed by atoms with Crippen LogP contribution in [-0.2, 0) is 19.4 Å². The monoisotopic (exact) mass is 626 g/mol. The second-order valence-corrected chi connectivity index (χ2v) is 22.6. The van der Waals surface area contributed by atoms with E-state index in [1.54, 1.807) is 7.11 Å². The molecule has 0 aliphatic heterocycles. The Morgan fingerprint density at radius 2 is 1.60 bits per heavy atom. The molecule has 5 saturated carbocycles. The molecule has 4 nitrogen and oxygen atoms in total. The van der Waals surface area contributed by atoms with Crippen LogP contribution in [0.15, 0.2) is 47.7 Å². The van der Waals surface area contributed by atoms with E-state index in [0.717, 1.165) is 37.9 Å². The SMILES string of the molecule is COc1ccc([C@]23C=C[C@@]4(CCCC[C@]24C)[C@H]2[C@@H]4C(=O)[C@@H]5[C@@H](CC(O[Si](C)(C)C(C)(C)C)=C6CCCC[C@@H]65)[C@@H]4CC(=O)[C@H]23)cc1. The van der Waals surface area contributed by atoms with Crippen LogP contribution >= 0.6 is 0 Å². The van der Waals surface area contributed by atoms with Gasteiger partial charge < -0.3 is 9.16 Å². The van der Waals surface area contributed by atoms with Crippen LogP contribution < -0.4 is 4.74 Å². The zero-order chi connectivity index (χ0) is 31.7.